The maximum absolute atomic E-state index is 14.4. The third kappa shape index (κ3) is 6.04. The Morgan fingerprint density at radius 2 is 1.48 bits per heavy atom. The molecule has 15 nitrogen and oxygen atoms in total. The number of aliphatic hydroxyl groups excluding tert-OH is 9. The van der Waals surface area contributed by atoms with Gasteiger partial charge in [-0.3, -0.25) is 9.59 Å². The minimum atomic E-state index is -1.75. The molecule has 7 rings (SSSR count). The normalized spacial score (nSPS) is 54.1. The molecule has 4 saturated carbocycles. The number of fused-ring (bicyclic) bond motifs is 7. The summed E-state index contributed by atoms with van der Waals surface area (Å²) in [7, 11) is 0. The molecule has 0 spiro atoms. The molecule has 318 valence electrons. The number of rotatable bonds is 6. The van der Waals surface area contributed by atoms with Crippen molar-refractivity contribution in [3.63, 3.8) is 0 Å². The second-order valence-corrected chi connectivity index (χ2v) is 20.2. The van der Waals surface area contributed by atoms with Crippen LogP contribution in [0.4, 0.5) is 0 Å². The first-order valence-corrected chi connectivity index (χ1v) is 20.4. The van der Waals surface area contributed by atoms with Crippen molar-refractivity contribution in [2.75, 3.05) is 19.8 Å². The van der Waals surface area contributed by atoms with E-state index in [2.05, 4.69) is 33.8 Å². The van der Waals surface area contributed by atoms with E-state index < -0.39 is 120 Å². The fraction of sp³-hybridized carbons (Fsp3) is 0.902. The Balaban J connectivity index is 1.22. The predicted molar refractivity (Wildman–Crippen MR) is 195 cm³/mol. The van der Waals surface area contributed by atoms with Gasteiger partial charge in [0, 0.05) is 17.8 Å². The molecule has 56 heavy (non-hydrogen) atoms. The third-order valence-electron chi connectivity index (χ3n) is 16.6. The van der Waals surface area contributed by atoms with Crippen LogP contribution in [0.2, 0.25) is 0 Å². The fourth-order valence-electron chi connectivity index (χ4n) is 13.3. The van der Waals surface area contributed by atoms with Crippen molar-refractivity contribution < 1.29 is 74.5 Å². The van der Waals surface area contributed by atoms with Crippen LogP contribution in [0.25, 0.3) is 0 Å². The lowest BCUT2D eigenvalue weighted by Gasteiger charge is -2.72. The van der Waals surface area contributed by atoms with Gasteiger partial charge in [-0.25, -0.2) is 0 Å². The van der Waals surface area contributed by atoms with Crippen LogP contribution in [0.15, 0.2) is 11.6 Å². The molecule has 2 aliphatic heterocycles. The van der Waals surface area contributed by atoms with Crippen molar-refractivity contribution in [1.82, 2.24) is 0 Å². The fourth-order valence-corrected chi connectivity index (χ4v) is 13.3. The molecule has 5 aliphatic carbocycles. The van der Waals surface area contributed by atoms with Crippen molar-refractivity contribution in [3.8, 4) is 0 Å². The molecule has 0 aromatic carbocycles. The lowest BCUT2D eigenvalue weighted by Crippen LogP contribution is -2.72. The molecule has 9 N–H and O–H groups in total. The SMILES string of the molecule is CC1(C)CC[C@]2(C(=O)OC3OCC(O)C(O)[C@H]3O)CC[C@]3(C)C(=CC[C@@H]4[C@@]5(C)CC(=O)[C@H](O[C@@H]6O[C@H](CO)[C@@H](O)[C@H](O)[C@H]6O)[C@@](C)(CO)C5C(O)C[C@]43C)[C@@H]2C1. The van der Waals surface area contributed by atoms with Gasteiger partial charge in [0.2, 0.25) is 6.29 Å². The highest BCUT2D eigenvalue weighted by Crippen LogP contribution is 2.76. The van der Waals surface area contributed by atoms with Crippen LogP contribution < -0.4 is 0 Å². The number of aliphatic hydroxyl groups is 9. The van der Waals surface area contributed by atoms with Crippen molar-refractivity contribution in [3.05, 3.63) is 11.6 Å². The van der Waals surface area contributed by atoms with E-state index in [9.17, 15) is 55.5 Å². The van der Waals surface area contributed by atoms with E-state index in [1.165, 1.54) is 0 Å². The van der Waals surface area contributed by atoms with Gasteiger partial charge in [-0.1, -0.05) is 53.2 Å². The summed E-state index contributed by atoms with van der Waals surface area (Å²) >= 11 is 0. The number of hydrogen-bond donors (Lipinski definition) is 9. The van der Waals surface area contributed by atoms with E-state index in [0.29, 0.717) is 38.5 Å². The number of Topliss-reactive ketones (excluding diaryl/α,β-unsaturated/α-hetero) is 1. The van der Waals surface area contributed by atoms with Crippen molar-refractivity contribution >= 4 is 11.8 Å². The van der Waals surface area contributed by atoms with Crippen LogP contribution >= 0.6 is 0 Å². The Hall–Kier alpha value is -1.60. The molecule has 2 heterocycles. The topological polar surface area (TPSA) is 253 Å². The summed E-state index contributed by atoms with van der Waals surface area (Å²) in [6, 6.07) is 0. The monoisotopic (exact) mass is 796 g/mol. The van der Waals surface area contributed by atoms with E-state index in [-0.39, 0.29) is 36.1 Å². The molecule has 0 aromatic rings. The van der Waals surface area contributed by atoms with E-state index >= 15 is 0 Å². The number of carbonyl (C=O) groups is 2. The highest BCUT2D eigenvalue weighted by atomic mass is 16.7. The highest BCUT2D eigenvalue weighted by molar-refractivity contribution is 5.86. The summed E-state index contributed by atoms with van der Waals surface area (Å²) in [6.45, 7) is 11.0. The van der Waals surface area contributed by atoms with Gasteiger partial charge in [-0.15, -0.1) is 0 Å². The Bertz CT molecular complexity index is 1570. The molecule has 0 radical (unpaired) electrons. The number of esters is 1. The molecule has 6 fully saturated rings. The molecule has 5 unspecified atom stereocenters. The van der Waals surface area contributed by atoms with E-state index in [0.717, 1.165) is 12.0 Å². The van der Waals surface area contributed by atoms with Gasteiger partial charge >= 0.3 is 5.97 Å². The van der Waals surface area contributed by atoms with Gasteiger partial charge in [0.15, 0.2) is 12.1 Å². The van der Waals surface area contributed by atoms with Gasteiger partial charge in [0.05, 0.1) is 31.3 Å². The van der Waals surface area contributed by atoms with Crippen LogP contribution in [-0.4, -0.2) is 145 Å². The van der Waals surface area contributed by atoms with Gasteiger partial charge in [0.1, 0.15) is 48.8 Å². The number of carbonyl (C=O) groups excluding carboxylic acids is 2. The van der Waals surface area contributed by atoms with Crippen LogP contribution in [0, 0.1) is 50.2 Å². The Morgan fingerprint density at radius 3 is 2.14 bits per heavy atom. The number of hydrogen-bond acceptors (Lipinski definition) is 15. The first-order chi connectivity index (χ1) is 26.0. The zero-order valence-corrected chi connectivity index (χ0v) is 33.4. The largest absolute Gasteiger partial charge is 0.432 e. The molecular formula is C41H64O15. The summed E-state index contributed by atoms with van der Waals surface area (Å²) in [4.78, 5) is 28.9. The minimum Gasteiger partial charge on any atom is -0.432 e. The molecule has 0 bridgehead atoms. The number of ether oxygens (including phenoxy) is 4. The van der Waals surface area contributed by atoms with Gasteiger partial charge < -0.3 is 64.9 Å². The highest BCUT2D eigenvalue weighted by Gasteiger charge is 2.73. The van der Waals surface area contributed by atoms with Crippen LogP contribution in [0.5, 0.6) is 0 Å². The summed E-state index contributed by atoms with van der Waals surface area (Å²) in [6.07, 6.45) is -10.0. The molecule has 0 amide bonds. The van der Waals surface area contributed by atoms with Crippen LogP contribution in [0.1, 0.15) is 92.9 Å². The number of ketones is 1. The van der Waals surface area contributed by atoms with Crippen LogP contribution in [0.3, 0.4) is 0 Å². The standard InChI is InChI=1S/C41H64O15/c1-36(2)9-11-41(35(52)56-33-29(50)26(47)23(46)17-53-33)12-10-39(5)19(20(41)13-36)7-8-25-37(3)14-22(45)32(38(4,18-43)31(37)21(44)15-40(25,39)6)55-34-30(51)28(49)27(48)24(16-42)54-34/h7,20-21,23-34,42-44,46-51H,8-18H2,1-6H3/t20-,21?,23?,24+,25+,26?,27+,28-,29+,30+,31?,32-,33?,34-,37+,38-,39+,40+,41-/m0/s1. The first-order valence-electron chi connectivity index (χ1n) is 20.4. The Morgan fingerprint density at radius 1 is 0.821 bits per heavy atom. The zero-order chi connectivity index (χ0) is 41.1. The second kappa shape index (κ2) is 14.3. The van der Waals surface area contributed by atoms with Crippen molar-refractivity contribution in [2.45, 2.75) is 160 Å². The summed E-state index contributed by atoms with van der Waals surface area (Å²) in [5.41, 5.74) is -3.19. The maximum atomic E-state index is 14.4. The van der Waals surface area contributed by atoms with Crippen molar-refractivity contribution in [2.24, 2.45) is 50.2 Å². The second-order valence-electron chi connectivity index (χ2n) is 20.2. The van der Waals surface area contributed by atoms with E-state index in [4.69, 9.17) is 18.9 Å². The molecule has 2 saturated heterocycles. The zero-order valence-electron chi connectivity index (χ0n) is 33.4. The van der Waals surface area contributed by atoms with Gasteiger partial charge in [-0.2, -0.15) is 0 Å². The Kier molecular flexibility index (Phi) is 10.8. The van der Waals surface area contributed by atoms with E-state index in [1.807, 2.05) is 6.92 Å². The lowest BCUT2D eigenvalue weighted by molar-refractivity contribution is -0.329. The van der Waals surface area contributed by atoms with Gasteiger partial charge in [-0.05, 0) is 78.4 Å². The molecule has 0 aromatic heterocycles. The van der Waals surface area contributed by atoms with Gasteiger partial charge in [0.25, 0.3) is 0 Å². The Labute approximate surface area is 328 Å². The predicted octanol–water partition coefficient (Wildman–Crippen LogP) is 0.0776. The molecule has 7 aliphatic rings. The number of allylic oxidation sites excluding steroid dienone is 2. The quantitative estimate of drug-likeness (QED) is 0.0981. The minimum absolute atomic E-state index is 0.0110. The smallest absolute Gasteiger partial charge is 0.315 e. The maximum Gasteiger partial charge on any atom is 0.315 e. The third-order valence-corrected chi connectivity index (χ3v) is 16.6. The van der Waals surface area contributed by atoms with Crippen LogP contribution in [-0.2, 0) is 28.5 Å². The molecule has 19 atom stereocenters. The first kappa shape index (κ1) is 42.5. The average Bonchev–Trinajstić information content (AvgIpc) is 3.13. The lowest BCUT2D eigenvalue weighted by atomic mass is 9.33. The summed E-state index contributed by atoms with van der Waals surface area (Å²) in [5.74, 6) is -1.89. The summed E-state index contributed by atoms with van der Waals surface area (Å²) in [5, 5.41) is 95.8. The summed E-state index contributed by atoms with van der Waals surface area (Å²) < 4.78 is 23.1. The molecular weight excluding hydrogens is 732 g/mol. The molecule has 15 heteroatoms. The van der Waals surface area contributed by atoms with Crippen molar-refractivity contribution in [1.29, 1.82) is 0 Å². The average molecular weight is 797 g/mol. The van der Waals surface area contributed by atoms with E-state index in [1.54, 1.807) is 6.92 Å².